The molecule has 20 heteroatoms. The summed E-state index contributed by atoms with van der Waals surface area (Å²) in [6.45, 7) is 2.12. The quantitative estimate of drug-likeness (QED) is 0.0277. The summed E-state index contributed by atoms with van der Waals surface area (Å²) in [5.74, 6) is -7.59. The van der Waals surface area contributed by atoms with E-state index in [2.05, 4.69) is 31.9 Å². The van der Waals surface area contributed by atoms with Crippen molar-refractivity contribution in [2.24, 2.45) is 28.9 Å². The predicted molar refractivity (Wildman–Crippen MR) is 164 cm³/mol. The summed E-state index contributed by atoms with van der Waals surface area (Å²) < 4.78 is 0. The first-order valence-electron chi connectivity index (χ1n) is 14.7. The molecule has 0 aliphatic rings. The molecule has 0 heterocycles. The number of carboxylic acid groups (broad SMARTS) is 1. The van der Waals surface area contributed by atoms with Gasteiger partial charge in [-0.25, -0.2) is 4.79 Å². The van der Waals surface area contributed by atoms with Crippen molar-refractivity contribution in [1.29, 1.82) is 5.41 Å². The van der Waals surface area contributed by atoms with Gasteiger partial charge in [-0.05, 0) is 38.1 Å². The second-order valence-corrected chi connectivity index (χ2v) is 10.8. The van der Waals surface area contributed by atoms with E-state index in [0.717, 1.165) is 0 Å². The van der Waals surface area contributed by atoms with Crippen LogP contribution in [-0.2, 0) is 33.6 Å². The van der Waals surface area contributed by atoms with Crippen LogP contribution in [0.4, 0.5) is 0 Å². The van der Waals surface area contributed by atoms with Crippen LogP contribution in [0.25, 0.3) is 0 Å². The summed E-state index contributed by atoms with van der Waals surface area (Å²) >= 11 is 0. The van der Waals surface area contributed by atoms with Crippen molar-refractivity contribution in [2.45, 2.75) is 82.6 Å². The normalized spacial score (nSPS) is 14.0. The number of amides is 6. The molecule has 0 bridgehead atoms. The molecule has 0 aromatic rings. The zero-order chi connectivity index (χ0) is 35.4. The number of aliphatic hydroxyl groups excluding tert-OH is 1. The van der Waals surface area contributed by atoms with Crippen molar-refractivity contribution < 1.29 is 43.8 Å². The topological polar surface area (TPSA) is 360 Å². The van der Waals surface area contributed by atoms with Crippen molar-refractivity contribution in [3.63, 3.8) is 0 Å². The molecule has 0 fully saturated rings. The van der Waals surface area contributed by atoms with Crippen molar-refractivity contribution >= 4 is 47.4 Å². The van der Waals surface area contributed by atoms with E-state index in [-0.39, 0.29) is 18.9 Å². The molecule has 0 radical (unpaired) electrons. The number of carbonyl (C=O) groups excluding carboxylic acids is 6. The second kappa shape index (κ2) is 22.0. The average molecular weight is 660 g/mol. The molecule has 0 aliphatic heterocycles. The zero-order valence-corrected chi connectivity index (χ0v) is 26.1. The molecule has 0 rings (SSSR count). The lowest BCUT2D eigenvalue weighted by molar-refractivity contribution is -0.143. The Hall–Kier alpha value is -4.56. The van der Waals surface area contributed by atoms with Crippen LogP contribution in [0.15, 0.2) is 0 Å². The third-order valence-corrected chi connectivity index (χ3v) is 6.45. The molecular formula is C26H49N11O9. The third-order valence-electron chi connectivity index (χ3n) is 6.45. The minimum atomic E-state index is -1.64. The Morgan fingerprint density at radius 3 is 1.91 bits per heavy atom. The summed E-state index contributed by atoms with van der Waals surface area (Å²) in [6.07, 6.45) is 1.28. The van der Waals surface area contributed by atoms with Crippen LogP contribution in [0, 0.1) is 11.3 Å². The number of carbonyl (C=O) groups is 7. The van der Waals surface area contributed by atoms with Gasteiger partial charge in [-0.1, -0.05) is 20.3 Å². The lowest BCUT2D eigenvalue weighted by atomic mass is 10.0. The molecule has 5 atom stereocenters. The Bertz CT molecular complexity index is 1070. The summed E-state index contributed by atoms with van der Waals surface area (Å²) in [5.41, 5.74) is 21.9. The van der Waals surface area contributed by atoms with Gasteiger partial charge < -0.3 is 65.0 Å². The monoisotopic (exact) mass is 659 g/mol. The SMILES string of the molecule is CC(C)[C@H](NC(=O)[C@H](CC(N)=O)NC(=O)CNC(=O)[C@H](CCCNC(=N)N)NC(=O)[C@@H](N)CCCCN)C(=O)N[C@@H](CO)C(=O)O. The number of hydrogen-bond donors (Lipinski definition) is 13. The number of nitrogens with one attached hydrogen (secondary N) is 7. The largest absolute Gasteiger partial charge is 0.480 e. The smallest absolute Gasteiger partial charge is 0.328 e. The number of guanidine groups is 1. The molecule has 0 aromatic heterocycles. The number of unbranched alkanes of at least 4 members (excludes halogenated alkanes) is 1. The van der Waals surface area contributed by atoms with Crippen LogP contribution in [0.1, 0.15) is 52.4 Å². The molecule has 6 amide bonds. The van der Waals surface area contributed by atoms with Gasteiger partial charge >= 0.3 is 5.97 Å². The van der Waals surface area contributed by atoms with Crippen LogP contribution in [0.2, 0.25) is 0 Å². The number of hydrogen-bond acceptors (Lipinski definition) is 11. The van der Waals surface area contributed by atoms with E-state index in [1.54, 1.807) is 0 Å². The molecule has 0 aromatic carbocycles. The van der Waals surface area contributed by atoms with Gasteiger partial charge in [0, 0.05) is 6.54 Å². The minimum Gasteiger partial charge on any atom is -0.480 e. The van der Waals surface area contributed by atoms with Gasteiger partial charge in [0.15, 0.2) is 5.96 Å². The van der Waals surface area contributed by atoms with Crippen molar-refractivity contribution in [3.05, 3.63) is 0 Å². The number of primary amides is 1. The van der Waals surface area contributed by atoms with E-state index in [9.17, 15) is 38.7 Å². The third kappa shape index (κ3) is 17.1. The highest BCUT2D eigenvalue weighted by Crippen LogP contribution is 2.05. The van der Waals surface area contributed by atoms with Gasteiger partial charge in [0.05, 0.1) is 25.6 Å². The van der Waals surface area contributed by atoms with Gasteiger partial charge in [0.2, 0.25) is 35.4 Å². The van der Waals surface area contributed by atoms with E-state index in [1.165, 1.54) is 13.8 Å². The van der Waals surface area contributed by atoms with Crippen LogP contribution < -0.4 is 54.8 Å². The lowest BCUT2D eigenvalue weighted by Crippen LogP contribution is -2.59. The molecule has 0 spiro atoms. The predicted octanol–water partition coefficient (Wildman–Crippen LogP) is -5.63. The van der Waals surface area contributed by atoms with Gasteiger partial charge in [0.1, 0.15) is 24.2 Å². The Balaban J connectivity index is 5.50. The van der Waals surface area contributed by atoms with E-state index < -0.39 is 97.1 Å². The molecule has 17 N–H and O–H groups in total. The minimum absolute atomic E-state index is 0.0827. The number of nitrogens with two attached hydrogens (primary N) is 4. The Morgan fingerprint density at radius 1 is 0.761 bits per heavy atom. The number of rotatable bonds is 23. The van der Waals surface area contributed by atoms with Gasteiger partial charge in [-0.15, -0.1) is 0 Å². The average Bonchev–Trinajstić information content (AvgIpc) is 2.97. The summed E-state index contributed by atoms with van der Waals surface area (Å²) in [4.78, 5) is 86.6. The maximum Gasteiger partial charge on any atom is 0.328 e. The van der Waals surface area contributed by atoms with Crippen LogP contribution in [0.3, 0.4) is 0 Å². The van der Waals surface area contributed by atoms with Gasteiger partial charge in [-0.2, -0.15) is 0 Å². The maximum atomic E-state index is 13.0. The fourth-order valence-electron chi connectivity index (χ4n) is 3.90. The zero-order valence-electron chi connectivity index (χ0n) is 26.1. The fraction of sp³-hybridized carbons (Fsp3) is 0.692. The highest BCUT2D eigenvalue weighted by atomic mass is 16.4. The first-order chi connectivity index (χ1) is 21.5. The summed E-state index contributed by atoms with van der Waals surface area (Å²) in [7, 11) is 0. The van der Waals surface area contributed by atoms with Gasteiger partial charge in [-0.3, -0.25) is 34.2 Å². The highest BCUT2D eigenvalue weighted by molar-refractivity contribution is 5.97. The fourth-order valence-corrected chi connectivity index (χ4v) is 3.90. The molecule has 0 saturated carbocycles. The summed E-state index contributed by atoms with van der Waals surface area (Å²) in [6, 6.07) is -6.58. The molecule has 0 saturated heterocycles. The maximum absolute atomic E-state index is 13.0. The Kier molecular flexibility index (Phi) is 19.8. The molecule has 0 unspecified atom stereocenters. The lowest BCUT2D eigenvalue weighted by Gasteiger charge is -2.26. The molecule has 262 valence electrons. The number of carboxylic acids is 1. The molecule has 0 aliphatic carbocycles. The van der Waals surface area contributed by atoms with E-state index in [1.807, 2.05) is 0 Å². The van der Waals surface area contributed by atoms with E-state index in [4.69, 9.17) is 33.5 Å². The van der Waals surface area contributed by atoms with Crippen molar-refractivity contribution in [2.75, 3.05) is 26.2 Å². The Labute approximate surface area is 266 Å². The first-order valence-corrected chi connectivity index (χ1v) is 14.7. The highest BCUT2D eigenvalue weighted by Gasteiger charge is 2.32. The van der Waals surface area contributed by atoms with Gasteiger partial charge in [0.25, 0.3) is 0 Å². The number of aliphatic carboxylic acids is 1. The van der Waals surface area contributed by atoms with Crippen molar-refractivity contribution in [1.82, 2.24) is 31.9 Å². The number of aliphatic hydroxyl groups is 1. The summed E-state index contributed by atoms with van der Waals surface area (Å²) in [5, 5.41) is 39.6. The first kappa shape index (κ1) is 41.4. The van der Waals surface area contributed by atoms with Crippen LogP contribution >= 0.6 is 0 Å². The molecular weight excluding hydrogens is 610 g/mol. The van der Waals surface area contributed by atoms with E-state index in [0.29, 0.717) is 32.2 Å². The standard InChI is InChI=1S/C26H49N11O9/c1-13(2)20(24(44)36-17(12-38)25(45)46)37-23(43)16(10-18(29)39)34-19(40)11-33-22(42)15(7-5-9-32-26(30)31)35-21(41)14(28)6-3-4-8-27/h13-17,20,38H,3-12,27-28H2,1-2H3,(H2,29,39)(H,33,42)(H,34,40)(H,35,41)(H,36,44)(H,37,43)(H,45,46)(H4,30,31,32)/t14-,15-,16-,17-,20-/m0/s1. The second-order valence-electron chi connectivity index (χ2n) is 10.8. The van der Waals surface area contributed by atoms with Crippen LogP contribution in [-0.4, -0.2) is 114 Å². The Morgan fingerprint density at radius 2 is 1.39 bits per heavy atom. The van der Waals surface area contributed by atoms with Crippen molar-refractivity contribution in [3.8, 4) is 0 Å². The molecule has 46 heavy (non-hydrogen) atoms. The van der Waals surface area contributed by atoms with E-state index >= 15 is 0 Å². The molecule has 20 nitrogen and oxygen atoms in total. The van der Waals surface area contributed by atoms with Crippen LogP contribution in [0.5, 0.6) is 0 Å².